The summed E-state index contributed by atoms with van der Waals surface area (Å²) in [6.45, 7) is 1.73. The molecule has 2 heterocycles. The quantitative estimate of drug-likeness (QED) is 0.543. The molecule has 0 aliphatic rings. The number of anilines is 2. The van der Waals surface area contributed by atoms with E-state index in [-0.39, 0.29) is 5.82 Å². The first-order chi connectivity index (χ1) is 14.0. The zero-order valence-corrected chi connectivity index (χ0v) is 15.5. The van der Waals surface area contributed by atoms with Crippen molar-refractivity contribution in [1.82, 2.24) is 19.9 Å². The summed E-state index contributed by atoms with van der Waals surface area (Å²) in [5.41, 5.74) is 13.4. The van der Waals surface area contributed by atoms with Gasteiger partial charge < -0.3 is 16.2 Å². The maximum atomic E-state index is 14.8. The lowest BCUT2D eigenvalue weighted by Gasteiger charge is -2.12. The van der Waals surface area contributed by atoms with E-state index < -0.39 is 5.82 Å². The summed E-state index contributed by atoms with van der Waals surface area (Å²) in [6.07, 6.45) is 2.83. The number of hydrogen-bond donors (Lipinski definition) is 2. The molecule has 4 aromatic rings. The molecule has 7 nitrogen and oxygen atoms in total. The van der Waals surface area contributed by atoms with E-state index in [0.717, 1.165) is 0 Å². The largest absolute Gasteiger partial charge is 0.438 e. The first-order valence-electron chi connectivity index (χ1n) is 8.75. The van der Waals surface area contributed by atoms with Crippen molar-refractivity contribution in [2.24, 2.45) is 0 Å². The van der Waals surface area contributed by atoms with E-state index in [1.807, 2.05) is 18.2 Å². The fourth-order valence-corrected chi connectivity index (χ4v) is 2.89. The molecule has 0 aliphatic carbocycles. The minimum Gasteiger partial charge on any atom is -0.438 e. The fourth-order valence-electron chi connectivity index (χ4n) is 2.89. The number of ether oxygens (including phenoxy) is 1. The Kier molecular flexibility index (Phi) is 4.74. The number of rotatable bonds is 4. The normalized spacial score (nSPS) is 10.7. The zero-order valence-electron chi connectivity index (χ0n) is 15.5. The number of nitrogen functional groups attached to an aromatic ring is 2. The highest BCUT2D eigenvalue weighted by atomic mass is 19.1. The van der Waals surface area contributed by atoms with Gasteiger partial charge in [-0.05, 0) is 30.7 Å². The third kappa shape index (κ3) is 3.96. The van der Waals surface area contributed by atoms with E-state index in [2.05, 4.69) is 19.9 Å². The molecule has 4 rings (SSSR count). The summed E-state index contributed by atoms with van der Waals surface area (Å²) in [4.78, 5) is 16.3. The average molecular weight is 388 g/mol. The predicted octanol–water partition coefficient (Wildman–Crippen LogP) is 4.00. The van der Waals surface area contributed by atoms with Crippen LogP contribution in [0.5, 0.6) is 11.6 Å². The van der Waals surface area contributed by atoms with Crippen LogP contribution in [0.25, 0.3) is 22.4 Å². The van der Waals surface area contributed by atoms with Gasteiger partial charge in [0.25, 0.3) is 0 Å². The van der Waals surface area contributed by atoms with Crippen molar-refractivity contribution in [2.45, 2.75) is 6.92 Å². The fraction of sp³-hybridized carbons (Fsp3) is 0.0476. The van der Waals surface area contributed by atoms with Crippen LogP contribution in [0.2, 0.25) is 0 Å². The molecule has 0 amide bonds. The Bertz CT molecular complexity index is 1160. The van der Waals surface area contributed by atoms with Gasteiger partial charge >= 0.3 is 0 Å². The highest BCUT2D eigenvalue weighted by Crippen LogP contribution is 2.35. The third-order valence-electron chi connectivity index (χ3n) is 4.16. The number of nitrogens with two attached hydrogens (primary N) is 2. The summed E-state index contributed by atoms with van der Waals surface area (Å²) in [5.74, 6) is 1.49. The lowest BCUT2D eigenvalue weighted by molar-refractivity contribution is 0.462. The van der Waals surface area contributed by atoms with Crippen molar-refractivity contribution in [3.63, 3.8) is 0 Å². The van der Waals surface area contributed by atoms with Crippen LogP contribution in [0.15, 0.2) is 60.9 Å². The summed E-state index contributed by atoms with van der Waals surface area (Å²) in [6, 6.07) is 13.7. The lowest BCUT2D eigenvalue weighted by Crippen LogP contribution is -1.98. The van der Waals surface area contributed by atoms with Crippen LogP contribution in [0.1, 0.15) is 5.82 Å². The second-order valence-electron chi connectivity index (χ2n) is 6.30. The van der Waals surface area contributed by atoms with E-state index in [1.165, 1.54) is 24.5 Å². The maximum Gasteiger partial charge on any atom is 0.224 e. The van der Waals surface area contributed by atoms with Crippen LogP contribution >= 0.6 is 0 Å². The van der Waals surface area contributed by atoms with Gasteiger partial charge in [0.1, 0.15) is 29.0 Å². The Balaban J connectivity index is 1.70. The molecule has 0 saturated heterocycles. The van der Waals surface area contributed by atoms with Gasteiger partial charge in [-0.15, -0.1) is 0 Å². The molecular weight excluding hydrogens is 371 g/mol. The molecule has 0 radical (unpaired) electrons. The molecular formula is C21H17FN6O. The molecule has 0 fully saturated rings. The van der Waals surface area contributed by atoms with Gasteiger partial charge in [0.2, 0.25) is 5.88 Å². The van der Waals surface area contributed by atoms with Crippen LogP contribution in [0.4, 0.5) is 16.0 Å². The Hall–Kier alpha value is -4.07. The molecule has 0 aliphatic heterocycles. The monoisotopic (exact) mass is 388 g/mol. The topological polar surface area (TPSA) is 113 Å². The van der Waals surface area contributed by atoms with Crippen LogP contribution in [-0.2, 0) is 0 Å². The van der Waals surface area contributed by atoms with Crippen molar-refractivity contribution >= 4 is 11.6 Å². The van der Waals surface area contributed by atoms with Gasteiger partial charge in [-0.25, -0.2) is 14.4 Å². The van der Waals surface area contributed by atoms with Crippen molar-refractivity contribution in [3.05, 3.63) is 72.6 Å². The molecule has 0 atom stereocenters. The maximum absolute atomic E-state index is 14.8. The molecule has 144 valence electrons. The van der Waals surface area contributed by atoms with Gasteiger partial charge in [0.05, 0.1) is 18.1 Å². The van der Waals surface area contributed by atoms with Gasteiger partial charge in [-0.1, -0.05) is 24.3 Å². The van der Waals surface area contributed by atoms with Crippen molar-refractivity contribution in [3.8, 4) is 34.0 Å². The molecule has 2 aromatic carbocycles. The second-order valence-corrected chi connectivity index (χ2v) is 6.30. The first-order valence-corrected chi connectivity index (χ1v) is 8.75. The Labute approximate surface area is 166 Å². The van der Waals surface area contributed by atoms with Crippen molar-refractivity contribution in [1.29, 1.82) is 0 Å². The van der Waals surface area contributed by atoms with Crippen LogP contribution in [0, 0.1) is 12.7 Å². The number of nitrogens with zero attached hydrogens (tertiary/aromatic N) is 4. The molecule has 0 unspecified atom stereocenters. The van der Waals surface area contributed by atoms with Crippen molar-refractivity contribution < 1.29 is 9.13 Å². The summed E-state index contributed by atoms with van der Waals surface area (Å²) in [7, 11) is 0. The molecule has 29 heavy (non-hydrogen) atoms. The SMILES string of the molecule is Cc1nc(N)cc(Oc2ccccc2-c2ccc(-c3cnc(N)cn3)c(F)c2)n1. The Morgan fingerprint density at radius 2 is 1.69 bits per heavy atom. The van der Waals surface area contributed by atoms with Crippen LogP contribution in [0.3, 0.4) is 0 Å². The lowest BCUT2D eigenvalue weighted by atomic mass is 10.0. The minimum atomic E-state index is -0.432. The molecule has 8 heteroatoms. The number of aryl methyl sites for hydroxylation is 1. The number of benzene rings is 2. The molecule has 2 aromatic heterocycles. The van der Waals surface area contributed by atoms with Crippen LogP contribution < -0.4 is 16.2 Å². The van der Waals surface area contributed by atoms with Crippen molar-refractivity contribution in [2.75, 3.05) is 11.5 Å². The van der Waals surface area contributed by atoms with E-state index >= 15 is 0 Å². The highest BCUT2D eigenvalue weighted by molar-refractivity contribution is 5.74. The van der Waals surface area contributed by atoms with E-state index in [9.17, 15) is 4.39 Å². The molecule has 0 spiro atoms. The zero-order chi connectivity index (χ0) is 20.4. The highest BCUT2D eigenvalue weighted by Gasteiger charge is 2.13. The smallest absolute Gasteiger partial charge is 0.224 e. The predicted molar refractivity (Wildman–Crippen MR) is 109 cm³/mol. The molecule has 4 N–H and O–H groups in total. The molecule has 0 saturated carbocycles. The van der Waals surface area contributed by atoms with E-state index in [1.54, 1.807) is 25.1 Å². The van der Waals surface area contributed by atoms with Gasteiger partial charge in [-0.2, -0.15) is 4.98 Å². The molecule has 0 bridgehead atoms. The summed E-state index contributed by atoms with van der Waals surface area (Å²) in [5, 5.41) is 0. The number of aromatic nitrogens is 4. The average Bonchev–Trinajstić information content (AvgIpc) is 2.68. The standard InChI is InChI=1S/C21H17FN6O/c1-12-27-19(23)9-21(28-12)29-18-5-3-2-4-14(18)13-6-7-15(16(22)8-13)17-10-26-20(24)11-25-17/h2-11H,1H3,(H2,24,26)(H2,23,27,28). The van der Waals surface area contributed by atoms with E-state index in [0.29, 0.717) is 45.7 Å². The summed E-state index contributed by atoms with van der Waals surface area (Å²) < 4.78 is 20.7. The number of hydrogen-bond acceptors (Lipinski definition) is 7. The Morgan fingerprint density at radius 3 is 2.41 bits per heavy atom. The van der Waals surface area contributed by atoms with Crippen LogP contribution in [-0.4, -0.2) is 19.9 Å². The van der Waals surface area contributed by atoms with Gasteiger partial charge in [0, 0.05) is 17.2 Å². The first kappa shape index (κ1) is 18.3. The number of para-hydroxylation sites is 1. The minimum absolute atomic E-state index is 0.275. The third-order valence-corrected chi connectivity index (χ3v) is 4.16. The number of halogens is 1. The van der Waals surface area contributed by atoms with Gasteiger partial charge in [0.15, 0.2) is 0 Å². The summed E-state index contributed by atoms with van der Waals surface area (Å²) >= 11 is 0. The van der Waals surface area contributed by atoms with Gasteiger partial charge in [-0.3, -0.25) is 4.98 Å². The Morgan fingerprint density at radius 1 is 0.862 bits per heavy atom. The second kappa shape index (κ2) is 7.51. The van der Waals surface area contributed by atoms with E-state index in [4.69, 9.17) is 16.2 Å².